The minimum Gasteiger partial charge on any atom is -0.491 e. The largest absolute Gasteiger partial charge is 0.491 e. The fraction of sp³-hybridized carbons (Fsp3) is 0.250. The minimum absolute atomic E-state index is 0.193. The van der Waals surface area contributed by atoms with E-state index in [0.29, 0.717) is 18.0 Å². The number of nitrogen functional groups attached to an aromatic ring is 1. The van der Waals surface area contributed by atoms with E-state index < -0.39 is 5.82 Å². The maximum atomic E-state index is 13.7. The van der Waals surface area contributed by atoms with Crippen LogP contribution >= 0.6 is 0 Å². The molecule has 0 radical (unpaired) electrons. The molecular weight excluding hydrogens is 269 g/mol. The molecule has 0 atom stereocenters. The van der Waals surface area contributed by atoms with Gasteiger partial charge in [0, 0.05) is 37.6 Å². The Kier molecular flexibility index (Phi) is 4.52. The predicted molar refractivity (Wildman–Crippen MR) is 86.0 cm³/mol. The molecule has 0 saturated carbocycles. The molecule has 0 saturated heterocycles. The summed E-state index contributed by atoms with van der Waals surface area (Å²) in [5, 5.41) is 3.20. The molecule has 2 aromatic rings. The van der Waals surface area contributed by atoms with Gasteiger partial charge in [0.15, 0.2) is 11.6 Å². The second kappa shape index (κ2) is 6.35. The zero-order chi connectivity index (χ0) is 15.4. The number of nitrogens with one attached hydrogen (secondary N) is 1. The van der Waals surface area contributed by atoms with Crippen molar-refractivity contribution in [2.24, 2.45) is 0 Å². The van der Waals surface area contributed by atoms with Gasteiger partial charge in [0.1, 0.15) is 0 Å². The quantitative estimate of drug-likeness (QED) is 0.825. The van der Waals surface area contributed by atoms with Crippen LogP contribution in [0, 0.1) is 5.82 Å². The first kappa shape index (κ1) is 15.0. The summed E-state index contributed by atoms with van der Waals surface area (Å²) in [6.07, 6.45) is 0. The van der Waals surface area contributed by atoms with E-state index >= 15 is 0 Å². The highest BCUT2D eigenvalue weighted by molar-refractivity contribution is 5.75. The van der Waals surface area contributed by atoms with E-state index in [2.05, 4.69) is 5.32 Å². The molecule has 0 unspecified atom stereocenters. The van der Waals surface area contributed by atoms with E-state index in [-0.39, 0.29) is 5.75 Å². The molecule has 0 bridgehead atoms. The molecule has 0 spiro atoms. The van der Waals surface area contributed by atoms with Gasteiger partial charge in [-0.1, -0.05) is 6.07 Å². The molecule has 0 aliphatic carbocycles. The van der Waals surface area contributed by atoms with Crippen molar-refractivity contribution in [1.82, 2.24) is 0 Å². The van der Waals surface area contributed by atoms with Crippen LogP contribution in [0.25, 0.3) is 0 Å². The lowest BCUT2D eigenvalue weighted by molar-refractivity contribution is 0.322. The third-order valence-electron chi connectivity index (χ3n) is 3.05. The number of halogens is 1. The van der Waals surface area contributed by atoms with Crippen LogP contribution in [0.2, 0.25) is 0 Å². The summed E-state index contributed by atoms with van der Waals surface area (Å²) in [5.74, 6) is -0.264. The Bertz CT molecular complexity index is 629. The number of hydrogen-bond donors (Lipinski definition) is 2. The van der Waals surface area contributed by atoms with Crippen LogP contribution in [0.15, 0.2) is 36.4 Å². The Morgan fingerprint density at radius 1 is 1.24 bits per heavy atom. The average molecular weight is 289 g/mol. The van der Waals surface area contributed by atoms with Crippen LogP contribution in [0.5, 0.6) is 5.75 Å². The van der Waals surface area contributed by atoms with E-state index in [1.54, 1.807) is 6.07 Å². The highest BCUT2D eigenvalue weighted by Gasteiger charge is 2.09. The molecule has 0 aliphatic rings. The topological polar surface area (TPSA) is 50.5 Å². The summed E-state index contributed by atoms with van der Waals surface area (Å²) < 4.78 is 18.9. The summed E-state index contributed by atoms with van der Waals surface area (Å²) in [6, 6.07) is 10.7. The molecular formula is C16H20FN3O. The fourth-order valence-electron chi connectivity index (χ4n) is 1.96. The lowest BCUT2D eigenvalue weighted by Gasteiger charge is -2.16. The van der Waals surface area contributed by atoms with Crippen LogP contribution in [-0.2, 0) is 0 Å². The lowest BCUT2D eigenvalue weighted by atomic mass is 10.2. The first-order chi connectivity index (χ1) is 10.0. The SMILES string of the molecule is CCOc1cc(Nc2cccc(N(C)C)c2)c(N)cc1F. The van der Waals surface area contributed by atoms with Crippen LogP contribution in [0.1, 0.15) is 6.92 Å². The van der Waals surface area contributed by atoms with Crippen molar-refractivity contribution in [3.63, 3.8) is 0 Å². The molecule has 0 amide bonds. The van der Waals surface area contributed by atoms with Crippen LogP contribution in [0.4, 0.5) is 27.1 Å². The van der Waals surface area contributed by atoms with E-state index in [4.69, 9.17) is 10.5 Å². The number of ether oxygens (including phenoxy) is 1. The molecule has 2 aromatic carbocycles. The van der Waals surface area contributed by atoms with E-state index in [1.165, 1.54) is 6.07 Å². The molecule has 0 aliphatic heterocycles. The lowest BCUT2D eigenvalue weighted by Crippen LogP contribution is -2.08. The van der Waals surface area contributed by atoms with Gasteiger partial charge in [-0.2, -0.15) is 0 Å². The Balaban J connectivity index is 2.30. The molecule has 0 fully saturated rings. The Hall–Kier alpha value is -2.43. The van der Waals surface area contributed by atoms with Gasteiger partial charge < -0.3 is 20.7 Å². The number of nitrogens with two attached hydrogens (primary N) is 1. The van der Waals surface area contributed by atoms with Gasteiger partial charge in [-0.3, -0.25) is 0 Å². The van der Waals surface area contributed by atoms with Gasteiger partial charge in [-0.15, -0.1) is 0 Å². The standard InChI is InChI=1S/C16H20FN3O/c1-4-21-16-10-15(14(18)9-13(16)17)19-11-6-5-7-12(8-11)20(2)3/h5-10,19H,4,18H2,1-3H3. The van der Waals surface area contributed by atoms with Crippen molar-refractivity contribution in [2.45, 2.75) is 6.92 Å². The van der Waals surface area contributed by atoms with Crippen molar-refractivity contribution in [1.29, 1.82) is 0 Å². The van der Waals surface area contributed by atoms with E-state index in [1.807, 2.05) is 50.2 Å². The van der Waals surface area contributed by atoms with Crippen molar-refractivity contribution >= 4 is 22.7 Å². The molecule has 5 heteroatoms. The highest BCUT2D eigenvalue weighted by Crippen LogP contribution is 2.31. The van der Waals surface area contributed by atoms with Gasteiger partial charge >= 0.3 is 0 Å². The van der Waals surface area contributed by atoms with Crippen molar-refractivity contribution in [3.05, 3.63) is 42.2 Å². The molecule has 4 nitrogen and oxygen atoms in total. The first-order valence-electron chi connectivity index (χ1n) is 6.77. The summed E-state index contributed by atoms with van der Waals surface area (Å²) >= 11 is 0. The van der Waals surface area contributed by atoms with Gasteiger partial charge in [0.05, 0.1) is 18.0 Å². The number of benzene rings is 2. The fourth-order valence-corrected chi connectivity index (χ4v) is 1.96. The number of hydrogen-bond acceptors (Lipinski definition) is 4. The van der Waals surface area contributed by atoms with Crippen LogP contribution in [0.3, 0.4) is 0 Å². The van der Waals surface area contributed by atoms with Crippen molar-refractivity contribution < 1.29 is 9.13 Å². The number of nitrogens with zero attached hydrogens (tertiary/aromatic N) is 1. The maximum absolute atomic E-state index is 13.7. The molecule has 112 valence electrons. The monoisotopic (exact) mass is 289 g/mol. The normalized spacial score (nSPS) is 10.3. The smallest absolute Gasteiger partial charge is 0.167 e. The Labute approximate surface area is 124 Å². The van der Waals surface area contributed by atoms with Crippen LogP contribution in [-0.4, -0.2) is 20.7 Å². The minimum atomic E-state index is -0.457. The average Bonchev–Trinajstić information content (AvgIpc) is 2.44. The number of anilines is 4. The Morgan fingerprint density at radius 3 is 2.67 bits per heavy atom. The predicted octanol–water partition coefficient (Wildman–Crippen LogP) is 3.62. The molecule has 0 aromatic heterocycles. The molecule has 3 N–H and O–H groups in total. The first-order valence-corrected chi connectivity index (χ1v) is 6.77. The Morgan fingerprint density at radius 2 is 2.00 bits per heavy atom. The zero-order valence-electron chi connectivity index (χ0n) is 12.5. The van der Waals surface area contributed by atoms with Gasteiger partial charge in [-0.25, -0.2) is 4.39 Å². The maximum Gasteiger partial charge on any atom is 0.167 e. The molecule has 0 heterocycles. The van der Waals surface area contributed by atoms with Gasteiger partial charge in [-0.05, 0) is 25.1 Å². The van der Waals surface area contributed by atoms with Gasteiger partial charge in [0.25, 0.3) is 0 Å². The van der Waals surface area contributed by atoms with E-state index in [9.17, 15) is 4.39 Å². The van der Waals surface area contributed by atoms with Crippen LogP contribution < -0.4 is 20.7 Å². The van der Waals surface area contributed by atoms with Gasteiger partial charge in [0.2, 0.25) is 0 Å². The number of rotatable bonds is 5. The second-order valence-corrected chi connectivity index (χ2v) is 4.87. The van der Waals surface area contributed by atoms with Crippen molar-refractivity contribution in [2.75, 3.05) is 36.7 Å². The highest BCUT2D eigenvalue weighted by atomic mass is 19.1. The molecule has 2 rings (SSSR count). The third kappa shape index (κ3) is 3.56. The van der Waals surface area contributed by atoms with E-state index in [0.717, 1.165) is 11.4 Å². The summed E-state index contributed by atoms with van der Waals surface area (Å²) in [7, 11) is 3.94. The third-order valence-corrected chi connectivity index (χ3v) is 3.05. The zero-order valence-corrected chi connectivity index (χ0v) is 12.5. The summed E-state index contributed by atoms with van der Waals surface area (Å²) in [6.45, 7) is 2.21. The summed E-state index contributed by atoms with van der Waals surface area (Å²) in [5.41, 5.74) is 8.76. The second-order valence-electron chi connectivity index (χ2n) is 4.87. The summed E-state index contributed by atoms with van der Waals surface area (Å²) in [4.78, 5) is 2.00. The molecule has 21 heavy (non-hydrogen) atoms. The van der Waals surface area contributed by atoms with Crippen molar-refractivity contribution in [3.8, 4) is 5.75 Å².